The first-order valence-corrected chi connectivity index (χ1v) is 18.0. The minimum Gasteiger partial charge on any atom is -0.481 e. The van der Waals surface area contributed by atoms with Crippen LogP contribution in [0.2, 0.25) is 0 Å². The lowest BCUT2D eigenvalue weighted by molar-refractivity contribution is -0.156. The second-order valence-corrected chi connectivity index (χ2v) is 13.1. The molecule has 0 bridgehead atoms. The van der Waals surface area contributed by atoms with E-state index in [0.717, 1.165) is 77.0 Å². The topological polar surface area (TPSA) is 127 Å². The zero-order chi connectivity index (χ0) is 32.5. The van der Waals surface area contributed by atoms with E-state index >= 15 is 0 Å². The van der Waals surface area contributed by atoms with Crippen molar-refractivity contribution < 1.29 is 38.9 Å². The Morgan fingerprint density at radius 1 is 0.614 bits per heavy atom. The summed E-state index contributed by atoms with van der Waals surface area (Å²) in [4.78, 5) is 46.1. The van der Waals surface area contributed by atoms with Crippen molar-refractivity contribution in [1.82, 2.24) is 0 Å². The molecule has 2 saturated carbocycles. The Morgan fingerprint density at radius 3 is 1.73 bits per heavy atom. The first kappa shape index (κ1) is 39.9. The van der Waals surface area contributed by atoms with Gasteiger partial charge in [0.15, 0.2) is 0 Å². The molecule has 2 aliphatic carbocycles. The Labute approximate surface area is 267 Å². The van der Waals surface area contributed by atoms with E-state index in [4.69, 9.17) is 14.6 Å². The summed E-state index contributed by atoms with van der Waals surface area (Å²) in [6.45, 7) is 4.84. The van der Waals surface area contributed by atoms with E-state index in [2.05, 4.69) is 13.8 Å². The number of carbonyl (C=O) groups excluding carboxylic acids is 2. The molecule has 1 atom stereocenters. The average molecular weight is 625 g/mol. The third kappa shape index (κ3) is 18.0. The Kier molecular flexibility index (Phi) is 22.8. The van der Waals surface area contributed by atoms with Gasteiger partial charge in [0, 0.05) is 19.3 Å². The van der Waals surface area contributed by atoms with Crippen LogP contribution in [0.4, 0.5) is 0 Å². The molecule has 0 aromatic rings. The highest BCUT2D eigenvalue weighted by molar-refractivity contribution is 5.75. The van der Waals surface area contributed by atoms with Gasteiger partial charge in [0.2, 0.25) is 0 Å². The van der Waals surface area contributed by atoms with E-state index in [1.807, 2.05) is 0 Å². The third-order valence-corrected chi connectivity index (χ3v) is 9.43. The highest BCUT2D eigenvalue weighted by Crippen LogP contribution is 2.46. The van der Waals surface area contributed by atoms with Gasteiger partial charge in [-0.3, -0.25) is 19.2 Å². The predicted octanol–water partition coefficient (Wildman–Crippen LogP) is 9.41. The van der Waals surface area contributed by atoms with Gasteiger partial charge < -0.3 is 19.7 Å². The zero-order valence-electron chi connectivity index (χ0n) is 28.1. The van der Waals surface area contributed by atoms with Gasteiger partial charge in [-0.25, -0.2) is 0 Å². The molecule has 0 aliphatic heterocycles. The number of esters is 2. The number of hydrogen-bond donors (Lipinski definition) is 2. The molecule has 8 heteroatoms. The molecule has 2 fully saturated rings. The van der Waals surface area contributed by atoms with Gasteiger partial charge in [0.1, 0.15) is 6.10 Å². The molecule has 0 heterocycles. The number of carbonyl (C=O) groups is 4. The highest BCUT2D eigenvalue weighted by atomic mass is 16.5. The lowest BCUT2D eigenvalue weighted by Crippen LogP contribution is -2.40. The SMILES string of the molecule is CCCCCCC(CCCC(=O)O)(C(=O)O)C1CCCCC1.CCCCCCOC(=O)CCCCC(=O)OC1CCCCC1. The number of aliphatic carboxylic acids is 2. The summed E-state index contributed by atoms with van der Waals surface area (Å²) in [5, 5.41) is 18.8. The van der Waals surface area contributed by atoms with Gasteiger partial charge >= 0.3 is 23.9 Å². The first-order valence-electron chi connectivity index (χ1n) is 18.0. The maximum atomic E-state index is 12.1. The van der Waals surface area contributed by atoms with E-state index in [9.17, 15) is 24.3 Å². The normalized spacial score (nSPS) is 17.1. The van der Waals surface area contributed by atoms with Crippen molar-refractivity contribution in [3.63, 3.8) is 0 Å². The van der Waals surface area contributed by atoms with Crippen LogP contribution in [0.1, 0.15) is 181 Å². The van der Waals surface area contributed by atoms with Gasteiger partial charge in [-0.2, -0.15) is 0 Å². The molecule has 0 amide bonds. The van der Waals surface area contributed by atoms with E-state index in [-0.39, 0.29) is 30.4 Å². The molecule has 2 N–H and O–H groups in total. The Balaban J connectivity index is 0.000000440. The summed E-state index contributed by atoms with van der Waals surface area (Å²) in [6.07, 6.45) is 24.0. The fraction of sp³-hybridized carbons (Fsp3) is 0.889. The van der Waals surface area contributed by atoms with Crippen LogP contribution in [0.3, 0.4) is 0 Å². The highest BCUT2D eigenvalue weighted by Gasteiger charge is 2.44. The minimum atomic E-state index is -0.825. The molecule has 256 valence electrons. The van der Waals surface area contributed by atoms with Crippen molar-refractivity contribution in [3.8, 4) is 0 Å². The largest absolute Gasteiger partial charge is 0.481 e. The van der Waals surface area contributed by atoms with Crippen molar-refractivity contribution in [3.05, 3.63) is 0 Å². The zero-order valence-corrected chi connectivity index (χ0v) is 28.1. The van der Waals surface area contributed by atoms with E-state index in [1.54, 1.807) is 0 Å². The van der Waals surface area contributed by atoms with Crippen LogP contribution in [-0.4, -0.2) is 46.8 Å². The smallest absolute Gasteiger partial charge is 0.309 e. The van der Waals surface area contributed by atoms with Crippen LogP contribution in [0.25, 0.3) is 0 Å². The van der Waals surface area contributed by atoms with Crippen LogP contribution in [0.5, 0.6) is 0 Å². The summed E-state index contributed by atoms with van der Waals surface area (Å²) in [5.41, 5.74) is -0.691. The summed E-state index contributed by atoms with van der Waals surface area (Å²) in [5.74, 6) is -1.54. The molecule has 0 spiro atoms. The Bertz CT molecular complexity index is 785. The number of hydrogen-bond acceptors (Lipinski definition) is 6. The number of unbranched alkanes of at least 4 members (excludes halogenated alkanes) is 7. The molecular formula is C36H64O8. The van der Waals surface area contributed by atoms with Crippen molar-refractivity contribution >= 4 is 23.9 Å². The van der Waals surface area contributed by atoms with Gasteiger partial charge in [-0.1, -0.05) is 84.5 Å². The number of carboxylic acid groups (broad SMARTS) is 2. The standard InChI is InChI=1S/2C18H32O4/c1-2-3-4-10-15-21-17(19)13-8-9-14-18(20)22-16-11-6-5-7-12-16;1-2-3-4-8-13-18(17(21)22,14-9-12-16(19)20)15-10-6-5-7-11-15/h16H,2-15H2,1H3;15H,2-14H2,1H3,(H,19,20)(H,21,22). The maximum absolute atomic E-state index is 12.1. The molecule has 2 rings (SSSR count). The van der Waals surface area contributed by atoms with Crippen LogP contribution in [0.15, 0.2) is 0 Å². The van der Waals surface area contributed by atoms with Gasteiger partial charge in [-0.15, -0.1) is 0 Å². The van der Waals surface area contributed by atoms with Crippen molar-refractivity contribution in [1.29, 1.82) is 0 Å². The second-order valence-electron chi connectivity index (χ2n) is 13.1. The van der Waals surface area contributed by atoms with Crippen LogP contribution < -0.4 is 0 Å². The maximum Gasteiger partial charge on any atom is 0.309 e. The molecule has 0 aromatic carbocycles. The van der Waals surface area contributed by atoms with Crippen molar-refractivity contribution in [2.45, 2.75) is 187 Å². The number of rotatable bonds is 22. The summed E-state index contributed by atoms with van der Waals surface area (Å²) in [6, 6.07) is 0. The predicted molar refractivity (Wildman–Crippen MR) is 173 cm³/mol. The van der Waals surface area contributed by atoms with E-state index in [0.29, 0.717) is 51.6 Å². The molecule has 2 aliphatic rings. The Hall–Kier alpha value is -2.12. The number of ether oxygens (including phenoxy) is 2. The molecule has 1 unspecified atom stereocenters. The average Bonchev–Trinajstić information content (AvgIpc) is 3.01. The van der Waals surface area contributed by atoms with Gasteiger partial charge in [0.25, 0.3) is 0 Å². The van der Waals surface area contributed by atoms with Crippen molar-refractivity contribution in [2.24, 2.45) is 11.3 Å². The quantitative estimate of drug-likeness (QED) is 0.0901. The minimum absolute atomic E-state index is 0.0801. The Morgan fingerprint density at radius 2 is 1.16 bits per heavy atom. The lowest BCUT2D eigenvalue weighted by atomic mass is 9.64. The molecule has 8 nitrogen and oxygen atoms in total. The van der Waals surface area contributed by atoms with Gasteiger partial charge in [0.05, 0.1) is 12.0 Å². The van der Waals surface area contributed by atoms with Crippen LogP contribution in [-0.2, 0) is 28.7 Å². The summed E-state index contributed by atoms with van der Waals surface area (Å²) < 4.78 is 10.6. The fourth-order valence-corrected chi connectivity index (χ4v) is 6.75. The summed E-state index contributed by atoms with van der Waals surface area (Å²) >= 11 is 0. The lowest BCUT2D eigenvalue weighted by Gasteiger charge is -2.40. The molecular weight excluding hydrogens is 560 g/mol. The number of carboxylic acids is 2. The van der Waals surface area contributed by atoms with E-state index in [1.165, 1.54) is 38.5 Å². The second kappa shape index (κ2) is 25.1. The molecule has 0 aromatic heterocycles. The monoisotopic (exact) mass is 624 g/mol. The van der Waals surface area contributed by atoms with Crippen LogP contribution >= 0.6 is 0 Å². The van der Waals surface area contributed by atoms with Gasteiger partial charge in [-0.05, 0) is 83.0 Å². The van der Waals surface area contributed by atoms with E-state index < -0.39 is 17.4 Å². The molecule has 44 heavy (non-hydrogen) atoms. The molecule has 0 radical (unpaired) electrons. The third-order valence-electron chi connectivity index (χ3n) is 9.43. The fourth-order valence-electron chi connectivity index (χ4n) is 6.75. The van der Waals surface area contributed by atoms with Crippen molar-refractivity contribution in [2.75, 3.05) is 6.61 Å². The summed E-state index contributed by atoms with van der Waals surface area (Å²) in [7, 11) is 0. The molecule has 0 saturated heterocycles. The van der Waals surface area contributed by atoms with Crippen LogP contribution in [0, 0.1) is 11.3 Å². The first-order chi connectivity index (χ1) is 21.2.